The van der Waals surface area contributed by atoms with Crippen LogP contribution in [0.3, 0.4) is 0 Å². The summed E-state index contributed by atoms with van der Waals surface area (Å²) in [4.78, 5) is 33.7. The van der Waals surface area contributed by atoms with E-state index < -0.39 is 23.8 Å². The van der Waals surface area contributed by atoms with Gasteiger partial charge in [-0.05, 0) is 6.42 Å². The van der Waals surface area contributed by atoms with Crippen molar-refractivity contribution in [3.8, 4) is 0 Å². The van der Waals surface area contributed by atoms with E-state index in [4.69, 9.17) is 9.47 Å². The summed E-state index contributed by atoms with van der Waals surface area (Å²) in [6, 6.07) is 0. The lowest BCUT2D eigenvalue weighted by molar-refractivity contribution is -0.156. The van der Waals surface area contributed by atoms with E-state index in [9.17, 15) is 14.4 Å². The van der Waals surface area contributed by atoms with Gasteiger partial charge in [-0.3, -0.25) is 14.4 Å². The van der Waals surface area contributed by atoms with Gasteiger partial charge in [-0.15, -0.1) is 0 Å². The molecule has 0 radical (unpaired) electrons. The predicted molar refractivity (Wildman–Crippen MR) is 51.5 cm³/mol. The van der Waals surface area contributed by atoms with Crippen molar-refractivity contribution in [3.05, 3.63) is 0 Å². The molecule has 0 amide bonds. The molecular weight excluding hydrogens is 228 g/mol. The second-order valence-corrected chi connectivity index (χ2v) is 4.73. The first-order valence-electron chi connectivity index (χ1n) is 5.62. The number of hydrogen-bond acceptors (Lipinski definition) is 6. The van der Waals surface area contributed by atoms with Crippen LogP contribution in [0.25, 0.3) is 0 Å². The molecule has 0 aromatic rings. The van der Waals surface area contributed by atoms with Gasteiger partial charge < -0.3 is 14.2 Å². The Morgan fingerprint density at radius 1 is 1.35 bits per heavy atom. The lowest BCUT2D eigenvalue weighted by Crippen LogP contribution is -2.37. The number of rotatable bonds is 2. The molecule has 3 aliphatic rings. The van der Waals surface area contributed by atoms with Gasteiger partial charge in [0.25, 0.3) is 0 Å². The quantitative estimate of drug-likeness (QED) is 0.485. The molecule has 6 nitrogen and oxygen atoms in total. The highest BCUT2D eigenvalue weighted by Gasteiger charge is 2.64. The maximum absolute atomic E-state index is 11.5. The summed E-state index contributed by atoms with van der Waals surface area (Å²) in [5, 5.41) is 0. The van der Waals surface area contributed by atoms with Gasteiger partial charge in [0.1, 0.15) is 0 Å². The van der Waals surface area contributed by atoms with Crippen LogP contribution < -0.4 is 0 Å². The summed E-state index contributed by atoms with van der Waals surface area (Å²) in [7, 11) is 0. The molecule has 0 aromatic heterocycles. The number of carbonyl (C=O) groups is 3. The minimum absolute atomic E-state index is 0.0106. The molecule has 3 fully saturated rings. The van der Waals surface area contributed by atoms with Crippen molar-refractivity contribution < 1.29 is 28.6 Å². The minimum Gasteiger partial charge on any atom is -0.465 e. The molecule has 17 heavy (non-hydrogen) atoms. The Bertz CT molecular complexity index is 403. The molecule has 0 aliphatic carbocycles. The van der Waals surface area contributed by atoms with E-state index in [1.54, 1.807) is 0 Å². The number of fused-ring (bicyclic) bond motifs is 5. The van der Waals surface area contributed by atoms with Gasteiger partial charge in [-0.1, -0.05) is 0 Å². The summed E-state index contributed by atoms with van der Waals surface area (Å²) >= 11 is 0. The van der Waals surface area contributed by atoms with Crippen molar-refractivity contribution in [1.29, 1.82) is 0 Å². The molecule has 3 heterocycles. The molecule has 0 N–H and O–H groups in total. The summed E-state index contributed by atoms with van der Waals surface area (Å²) in [6.45, 7) is 1.57. The van der Waals surface area contributed by atoms with E-state index in [1.807, 2.05) is 0 Å². The molecule has 3 saturated heterocycles. The standard InChI is InChI=1S/C11H12O6/c1-4(12)15-3-5-2-6-7-8(9(5)16-6)11(14)17-10(7)13/h5-9H,2-3H2,1H3. The van der Waals surface area contributed by atoms with Gasteiger partial charge in [0.2, 0.25) is 0 Å². The Morgan fingerprint density at radius 3 is 2.76 bits per heavy atom. The fraction of sp³-hybridized carbons (Fsp3) is 0.727. The highest BCUT2D eigenvalue weighted by molar-refractivity contribution is 5.98. The van der Waals surface area contributed by atoms with E-state index in [0.29, 0.717) is 6.42 Å². The monoisotopic (exact) mass is 240 g/mol. The maximum Gasteiger partial charge on any atom is 0.320 e. The Morgan fingerprint density at radius 2 is 2.06 bits per heavy atom. The van der Waals surface area contributed by atoms with Crippen LogP contribution in [0.2, 0.25) is 0 Å². The zero-order chi connectivity index (χ0) is 12.2. The third kappa shape index (κ3) is 1.47. The summed E-state index contributed by atoms with van der Waals surface area (Å²) in [5.41, 5.74) is 0. The van der Waals surface area contributed by atoms with Crippen LogP contribution in [0.5, 0.6) is 0 Å². The number of esters is 3. The summed E-state index contributed by atoms with van der Waals surface area (Å²) in [5.74, 6) is -2.28. The summed E-state index contributed by atoms with van der Waals surface area (Å²) in [6.07, 6.45) is 0.0365. The van der Waals surface area contributed by atoms with Crippen LogP contribution in [0.4, 0.5) is 0 Å². The average molecular weight is 240 g/mol. The van der Waals surface area contributed by atoms with Crippen molar-refractivity contribution in [2.75, 3.05) is 6.61 Å². The van der Waals surface area contributed by atoms with Crippen LogP contribution in [0, 0.1) is 17.8 Å². The van der Waals surface area contributed by atoms with E-state index in [2.05, 4.69) is 4.74 Å². The molecule has 0 saturated carbocycles. The van der Waals surface area contributed by atoms with E-state index >= 15 is 0 Å². The van der Waals surface area contributed by atoms with Crippen LogP contribution in [-0.2, 0) is 28.6 Å². The molecule has 0 spiro atoms. The predicted octanol–water partition coefficient (Wildman–Crippen LogP) is -0.347. The van der Waals surface area contributed by atoms with Crippen molar-refractivity contribution in [2.24, 2.45) is 17.8 Å². The normalized spacial score (nSPS) is 42.5. The Kier molecular flexibility index (Phi) is 2.22. The first-order valence-corrected chi connectivity index (χ1v) is 5.62. The van der Waals surface area contributed by atoms with Crippen molar-refractivity contribution in [3.63, 3.8) is 0 Å². The zero-order valence-electron chi connectivity index (χ0n) is 9.25. The Balaban J connectivity index is 1.74. The van der Waals surface area contributed by atoms with Crippen molar-refractivity contribution in [1.82, 2.24) is 0 Å². The van der Waals surface area contributed by atoms with Crippen molar-refractivity contribution in [2.45, 2.75) is 25.6 Å². The molecule has 92 valence electrons. The molecule has 3 rings (SSSR count). The first-order chi connectivity index (χ1) is 8.08. The molecular formula is C11H12O6. The Labute approximate surface area is 97.2 Å². The molecule has 5 atom stereocenters. The van der Waals surface area contributed by atoms with Gasteiger partial charge in [0, 0.05) is 12.8 Å². The fourth-order valence-electron chi connectivity index (χ4n) is 3.05. The number of ether oxygens (including phenoxy) is 3. The highest BCUT2D eigenvalue weighted by Crippen LogP contribution is 2.50. The van der Waals surface area contributed by atoms with Gasteiger partial charge in [0.15, 0.2) is 0 Å². The SMILES string of the molecule is CC(=O)OCC1CC2OC1C1C(=O)OC(=O)C21. The maximum atomic E-state index is 11.5. The van der Waals surface area contributed by atoms with Crippen LogP contribution in [-0.4, -0.2) is 36.7 Å². The zero-order valence-corrected chi connectivity index (χ0v) is 9.25. The topological polar surface area (TPSA) is 78.9 Å². The largest absolute Gasteiger partial charge is 0.465 e. The van der Waals surface area contributed by atoms with E-state index in [-0.39, 0.29) is 30.7 Å². The molecule has 2 bridgehead atoms. The second kappa shape index (κ2) is 3.53. The van der Waals surface area contributed by atoms with Crippen molar-refractivity contribution >= 4 is 17.9 Å². The van der Waals surface area contributed by atoms with Crippen LogP contribution >= 0.6 is 0 Å². The Hall–Kier alpha value is -1.43. The van der Waals surface area contributed by atoms with Crippen LogP contribution in [0.1, 0.15) is 13.3 Å². The van der Waals surface area contributed by atoms with Gasteiger partial charge in [-0.25, -0.2) is 0 Å². The fourth-order valence-corrected chi connectivity index (χ4v) is 3.05. The molecule has 5 unspecified atom stereocenters. The first kappa shape index (κ1) is 10.7. The third-order valence-corrected chi connectivity index (χ3v) is 3.72. The van der Waals surface area contributed by atoms with Gasteiger partial charge >= 0.3 is 17.9 Å². The molecule has 0 aromatic carbocycles. The molecule has 3 aliphatic heterocycles. The van der Waals surface area contributed by atoms with E-state index in [0.717, 1.165) is 0 Å². The van der Waals surface area contributed by atoms with Crippen LogP contribution in [0.15, 0.2) is 0 Å². The lowest BCUT2D eigenvalue weighted by Gasteiger charge is -2.23. The summed E-state index contributed by atoms with van der Waals surface area (Å²) < 4.78 is 15.2. The van der Waals surface area contributed by atoms with Gasteiger partial charge in [-0.2, -0.15) is 0 Å². The number of hydrogen-bond donors (Lipinski definition) is 0. The minimum atomic E-state index is -0.500. The smallest absolute Gasteiger partial charge is 0.320 e. The number of cyclic esters (lactones) is 2. The molecule has 6 heteroatoms. The second-order valence-electron chi connectivity index (χ2n) is 4.73. The van der Waals surface area contributed by atoms with E-state index in [1.165, 1.54) is 6.92 Å². The van der Waals surface area contributed by atoms with Gasteiger partial charge in [0.05, 0.1) is 30.7 Å². The average Bonchev–Trinajstić information content (AvgIpc) is 2.88. The lowest BCUT2D eigenvalue weighted by atomic mass is 9.75. The third-order valence-electron chi connectivity index (χ3n) is 3.72. The number of carbonyl (C=O) groups excluding carboxylic acids is 3. The highest BCUT2D eigenvalue weighted by atomic mass is 16.6.